The maximum Gasteiger partial charge on any atom is 0.457 e. The van der Waals surface area contributed by atoms with Crippen LogP contribution in [-0.2, 0) is 8.85 Å². The van der Waals surface area contributed by atoms with Crippen LogP contribution in [-0.4, -0.2) is 16.4 Å². The van der Waals surface area contributed by atoms with Crippen molar-refractivity contribution >= 4 is 9.28 Å². The van der Waals surface area contributed by atoms with Gasteiger partial charge in [0.25, 0.3) is 0 Å². The lowest BCUT2D eigenvalue weighted by Gasteiger charge is -2.21. The molecule has 0 heterocycles. The summed E-state index contributed by atoms with van der Waals surface area (Å²) in [5, 5.41) is 0. The van der Waals surface area contributed by atoms with Crippen molar-refractivity contribution in [3.05, 3.63) is 12.3 Å². The normalized spacial score (nSPS) is 17.6. The molecule has 1 saturated carbocycles. The zero-order chi connectivity index (χ0) is 10.2. The molecule has 1 aliphatic carbocycles. The zero-order valence-corrected chi connectivity index (χ0v) is 10.3. The molecular formula is C11H21O2Si. The van der Waals surface area contributed by atoms with Crippen LogP contribution in [0.3, 0.4) is 0 Å². The Morgan fingerprint density at radius 3 is 2.71 bits per heavy atom. The summed E-state index contributed by atoms with van der Waals surface area (Å²) in [6.07, 6.45) is 10.5. The van der Waals surface area contributed by atoms with Gasteiger partial charge in [0, 0.05) is 13.2 Å². The topological polar surface area (TPSA) is 18.5 Å². The van der Waals surface area contributed by atoms with Crippen LogP contribution in [0.4, 0.5) is 0 Å². The van der Waals surface area contributed by atoms with Crippen LogP contribution in [0, 0.1) is 5.92 Å². The van der Waals surface area contributed by atoms with Gasteiger partial charge < -0.3 is 8.85 Å². The van der Waals surface area contributed by atoms with Gasteiger partial charge in [0.15, 0.2) is 0 Å². The van der Waals surface area contributed by atoms with Crippen LogP contribution in [0.1, 0.15) is 39.0 Å². The minimum Gasteiger partial charge on any atom is -0.525 e. The molecule has 0 aliphatic heterocycles. The fourth-order valence-electron chi connectivity index (χ4n) is 1.39. The monoisotopic (exact) mass is 213 g/mol. The minimum atomic E-state index is -1.01. The maximum absolute atomic E-state index is 5.60. The van der Waals surface area contributed by atoms with Gasteiger partial charge in [-0.15, -0.1) is 0 Å². The van der Waals surface area contributed by atoms with Gasteiger partial charge in [0.05, 0.1) is 6.26 Å². The summed E-state index contributed by atoms with van der Waals surface area (Å²) >= 11 is 0. The summed E-state index contributed by atoms with van der Waals surface area (Å²) in [4.78, 5) is 0. The molecule has 1 rings (SSSR count). The first-order valence-electron chi connectivity index (χ1n) is 5.60. The highest BCUT2D eigenvalue weighted by molar-refractivity contribution is 6.44. The van der Waals surface area contributed by atoms with Crippen molar-refractivity contribution in [1.82, 2.24) is 0 Å². The van der Waals surface area contributed by atoms with Crippen molar-refractivity contribution in [2.45, 2.75) is 45.1 Å². The molecule has 1 radical (unpaired) electrons. The van der Waals surface area contributed by atoms with E-state index in [2.05, 4.69) is 13.0 Å². The Kier molecular flexibility index (Phi) is 5.95. The molecular weight excluding hydrogens is 192 g/mol. The van der Waals surface area contributed by atoms with Gasteiger partial charge in [-0.2, -0.15) is 0 Å². The molecule has 0 saturated heterocycles. The largest absolute Gasteiger partial charge is 0.525 e. The minimum absolute atomic E-state index is 0.779. The van der Waals surface area contributed by atoms with Gasteiger partial charge in [0.2, 0.25) is 0 Å². The van der Waals surface area contributed by atoms with E-state index in [0.29, 0.717) is 0 Å². The third-order valence-electron chi connectivity index (χ3n) is 2.66. The van der Waals surface area contributed by atoms with E-state index in [1.165, 1.54) is 32.1 Å². The van der Waals surface area contributed by atoms with Crippen LogP contribution < -0.4 is 0 Å². The number of allylic oxidation sites excluding steroid dienone is 1. The second kappa shape index (κ2) is 7.07. The van der Waals surface area contributed by atoms with Crippen molar-refractivity contribution in [2.75, 3.05) is 7.11 Å². The molecule has 14 heavy (non-hydrogen) atoms. The van der Waals surface area contributed by atoms with Crippen LogP contribution >= 0.6 is 0 Å². The molecule has 0 amide bonds. The van der Waals surface area contributed by atoms with Gasteiger partial charge in [-0.25, -0.2) is 0 Å². The Labute approximate surface area is 89.1 Å². The third-order valence-corrected chi connectivity index (χ3v) is 4.28. The van der Waals surface area contributed by atoms with E-state index < -0.39 is 9.28 Å². The second-order valence-electron chi connectivity index (χ2n) is 3.82. The number of unbranched alkanes of at least 4 members (excludes halogenated alkanes) is 1. The summed E-state index contributed by atoms with van der Waals surface area (Å²) in [6, 6.07) is 1.09. The molecule has 0 unspecified atom stereocenters. The van der Waals surface area contributed by atoms with Gasteiger partial charge in [0.1, 0.15) is 0 Å². The first kappa shape index (κ1) is 11.8. The molecule has 1 fully saturated rings. The average Bonchev–Trinajstić information content (AvgIpc) is 2.14. The van der Waals surface area contributed by atoms with E-state index in [1.54, 1.807) is 7.11 Å². The molecule has 0 aromatic carbocycles. The summed E-state index contributed by atoms with van der Waals surface area (Å²) in [5.41, 5.74) is 0. The summed E-state index contributed by atoms with van der Waals surface area (Å²) in [6.45, 7) is 2.19. The fourth-order valence-corrected chi connectivity index (χ4v) is 2.68. The molecule has 0 atom stereocenters. The predicted molar refractivity (Wildman–Crippen MR) is 60.0 cm³/mol. The van der Waals surface area contributed by atoms with Gasteiger partial charge in [-0.1, -0.05) is 26.2 Å². The molecule has 81 valence electrons. The lowest BCUT2D eigenvalue weighted by atomic mass is 9.86. The van der Waals surface area contributed by atoms with Crippen molar-refractivity contribution in [2.24, 2.45) is 5.92 Å². The van der Waals surface area contributed by atoms with Crippen LogP contribution in [0.15, 0.2) is 12.3 Å². The number of hydrogen-bond donors (Lipinski definition) is 0. The zero-order valence-electron chi connectivity index (χ0n) is 9.29. The number of hydrogen-bond acceptors (Lipinski definition) is 2. The van der Waals surface area contributed by atoms with E-state index in [0.717, 1.165) is 12.0 Å². The average molecular weight is 213 g/mol. The molecule has 0 aromatic rings. The Hall–Kier alpha value is -0.283. The van der Waals surface area contributed by atoms with Gasteiger partial charge in [-0.05, 0) is 24.8 Å². The summed E-state index contributed by atoms with van der Waals surface area (Å²) in [7, 11) is 0.738. The summed E-state index contributed by atoms with van der Waals surface area (Å²) < 4.78 is 10.9. The predicted octanol–water partition coefficient (Wildman–Crippen LogP) is 3.25. The fraction of sp³-hybridized carbons (Fsp3) is 0.818. The molecule has 2 nitrogen and oxygen atoms in total. The van der Waals surface area contributed by atoms with Crippen molar-refractivity contribution in [1.29, 1.82) is 0 Å². The highest BCUT2D eigenvalue weighted by atomic mass is 28.3. The van der Waals surface area contributed by atoms with E-state index in [4.69, 9.17) is 8.85 Å². The third kappa shape index (κ3) is 4.29. The highest BCUT2D eigenvalue weighted by Crippen LogP contribution is 2.27. The summed E-state index contributed by atoms with van der Waals surface area (Å²) in [5.74, 6) is 0.779. The van der Waals surface area contributed by atoms with Crippen LogP contribution in [0.2, 0.25) is 6.04 Å². The van der Waals surface area contributed by atoms with Gasteiger partial charge >= 0.3 is 9.28 Å². The smallest absolute Gasteiger partial charge is 0.457 e. The Balaban J connectivity index is 2.08. The standard InChI is InChI=1S/C11H21O2Si/c1-3-4-10-14(12-2)13-9-8-11-6-5-7-11/h8-9,11H,3-7,10H2,1-2H3. The Morgan fingerprint density at radius 1 is 1.43 bits per heavy atom. The molecule has 1 aliphatic rings. The van der Waals surface area contributed by atoms with E-state index in [-0.39, 0.29) is 0 Å². The lowest BCUT2D eigenvalue weighted by molar-refractivity contribution is 0.298. The van der Waals surface area contributed by atoms with Crippen LogP contribution in [0.5, 0.6) is 0 Å². The van der Waals surface area contributed by atoms with Crippen molar-refractivity contribution < 1.29 is 8.85 Å². The Morgan fingerprint density at radius 2 is 2.21 bits per heavy atom. The maximum atomic E-state index is 5.60. The van der Waals surface area contributed by atoms with Crippen molar-refractivity contribution in [3.63, 3.8) is 0 Å². The quantitative estimate of drug-likeness (QED) is 0.477. The first-order valence-corrected chi connectivity index (χ1v) is 7.12. The molecule has 0 spiro atoms. The highest BCUT2D eigenvalue weighted by Gasteiger charge is 2.15. The van der Waals surface area contributed by atoms with E-state index in [1.807, 2.05) is 6.26 Å². The molecule has 0 aromatic heterocycles. The lowest BCUT2D eigenvalue weighted by Crippen LogP contribution is -2.18. The molecule has 3 heteroatoms. The first-order chi connectivity index (χ1) is 6.86. The van der Waals surface area contributed by atoms with Crippen LogP contribution in [0.25, 0.3) is 0 Å². The Bertz CT molecular complexity index is 167. The van der Waals surface area contributed by atoms with E-state index in [9.17, 15) is 0 Å². The molecule has 0 N–H and O–H groups in total. The van der Waals surface area contributed by atoms with Crippen molar-refractivity contribution in [3.8, 4) is 0 Å². The number of rotatable bonds is 7. The van der Waals surface area contributed by atoms with Gasteiger partial charge in [-0.3, -0.25) is 0 Å². The second-order valence-corrected chi connectivity index (χ2v) is 5.71. The SMILES string of the molecule is CCCC[Si](OC)OC=CC1CCC1. The van der Waals surface area contributed by atoms with E-state index >= 15 is 0 Å². The molecule has 0 bridgehead atoms.